The van der Waals surface area contributed by atoms with Crippen LogP contribution in [0.5, 0.6) is 0 Å². The van der Waals surface area contributed by atoms with E-state index in [1.54, 1.807) is 19.2 Å². The van der Waals surface area contributed by atoms with Crippen LogP contribution in [0.25, 0.3) is 5.82 Å². The van der Waals surface area contributed by atoms with Gasteiger partial charge < -0.3 is 9.47 Å². The smallest absolute Gasteiger partial charge is 0.417 e. The van der Waals surface area contributed by atoms with Crippen molar-refractivity contribution < 1.29 is 32.2 Å². The van der Waals surface area contributed by atoms with Crippen LogP contribution in [0.4, 0.5) is 13.2 Å². The molecule has 0 aliphatic rings. The molecule has 12 heteroatoms. The maximum atomic E-state index is 12.7. The van der Waals surface area contributed by atoms with Crippen LogP contribution in [0.3, 0.4) is 0 Å². The molecule has 3 heterocycles. The molecule has 0 aromatic carbocycles. The van der Waals surface area contributed by atoms with E-state index >= 15 is 0 Å². The number of rotatable bonds is 6. The third-order valence-electron chi connectivity index (χ3n) is 3.87. The van der Waals surface area contributed by atoms with Gasteiger partial charge in [-0.1, -0.05) is 0 Å². The molecule has 0 fully saturated rings. The topological polar surface area (TPSA) is 96.2 Å². The zero-order chi connectivity index (χ0) is 21.9. The summed E-state index contributed by atoms with van der Waals surface area (Å²) in [6.45, 7) is 3.29. The van der Waals surface area contributed by atoms with Crippen LogP contribution >= 0.6 is 11.3 Å². The predicted molar refractivity (Wildman–Crippen MR) is 98.3 cm³/mol. The van der Waals surface area contributed by atoms with Gasteiger partial charge in [-0.3, -0.25) is 0 Å². The number of carbonyl (C=O) groups is 2. The fraction of sp³-hybridized carbons (Fsp3) is 0.278. The molecule has 158 valence electrons. The van der Waals surface area contributed by atoms with Gasteiger partial charge in [0, 0.05) is 11.6 Å². The lowest BCUT2D eigenvalue weighted by Gasteiger charge is -2.08. The van der Waals surface area contributed by atoms with Gasteiger partial charge in [-0.25, -0.2) is 24.2 Å². The minimum Gasteiger partial charge on any atom is -0.461 e. The van der Waals surface area contributed by atoms with Crippen molar-refractivity contribution in [2.24, 2.45) is 0 Å². The molecule has 0 saturated carbocycles. The summed E-state index contributed by atoms with van der Waals surface area (Å²) in [4.78, 5) is 31.8. The third kappa shape index (κ3) is 4.64. The maximum absolute atomic E-state index is 12.7. The Bertz CT molecular complexity index is 1060. The molecule has 3 aromatic heterocycles. The molecule has 3 aromatic rings. The second kappa shape index (κ2) is 8.61. The Labute approximate surface area is 172 Å². The van der Waals surface area contributed by atoms with E-state index in [0.29, 0.717) is 17.6 Å². The molecule has 0 aliphatic carbocycles. The molecule has 0 saturated heterocycles. The van der Waals surface area contributed by atoms with Crippen molar-refractivity contribution in [2.75, 3.05) is 6.61 Å². The van der Waals surface area contributed by atoms with Crippen molar-refractivity contribution >= 4 is 23.3 Å². The molecule has 0 unspecified atom stereocenters. The Morgan fingerprint density at radius 1 is 1.17 bits per heavy atom. The van der Waals surface area contributed by atoms with Crippen molar-refractivity contribution in [3.05, 3.63) is 57.4 Å². The molecule has 0 atom stereocenters. The SMILES string of the molecule is CCOC(=O)c1nc(COC(=O)c2cnn(-c3ccc(C(F)(F)F)cn3)c2C)cs1. The van der Waals surface area contributed by atoms with Gasteiger partial charge in [0.25, 0.3) is 0 Å². The summed E-state index contributed by atoms with van der Waals surface area (Å²) in [5.41, 5.74) is -0.0395. The first-order valence-electron chi connectivity index (χ1n) is 8.57. The standard InChI is InChI=1S/C18H15F3N4O4S/c1-3-28-17(27)15-24-12(9-30-15)8-29-16(26)13-7-23-25(10(13)2)14-5-4-11(6-22-14)18(19,20)21/h4-7,9H,3,8H2,1-2H3. The lowest BCUT2D eigenvalue weighted by Crippen LogP contribution is -2.10. The number of hydrogen-bond acceptors (Lipinski definition) is 8. The number of pyridine rings is 1. The monoisotopic (exact) mass is 440 g/mol. The van der Waals surface area contributed by atoms with Gasteiger partial charge >= 0.3 is 18.1 Å². The van der Waals surface area contributed by atoms with E-state index in [1.165, 1.54) is 10.9 Å². The van der Waals surface area contributed by atoms with Gasteiger partial charge in [0.2, 0.25) is 5.01 Å². The normalized spacial score (nSPS) is 11.4. The van der Waals surface area contributed by atoms with Crippen molar-refractivity contribution in [3.8, 4) is 5.82 Å². The van der Waals surface area contributed by atoms with Crippen LogP contribution in [0.2, 0.25) is 0 Å². The van der Waals surface area contributed by atoms with Crippen LogP contribution in [0, 0.1) is 6.92 Å². The average Bonchev–Trinajstić information content (AvgIpc) is 3.33. The predicted octanol–water partition coefficient (Wildman–Crippen LogP) is 3.58. The first-order chi connectivity index (χ1) is 14.2. The van der Waals surface area contributed by atoms with Crippen LogP contribution in [-0.4, -0.2) is 38.3 Å². The highest BCUT2D eigenvalue weighted by Gasteiger charge is 2.31. The van der Waals surface area contributed by atoms with E-state index in [0.717, 1.165) is 23.5 Å². The second-order valence-electron chi connectivity index (χ2n) is 5.90. The molecule has 0 radical (unpaired) electrons. The minimum atomic E-state index is -4.50. The molecule has 30 heavy (non-hydrogen) atoms. The van der Waals surface area contributed by atoms with Crippen molar-refractivity contribution in [1.29, 1.82) is 0 Å². The fourth-order valence-corrected chi connectivity index (χ4v) is 3.09. The lowest BCUT2D eigenvalue weighted by molar-refractivity contribution is -0.137. The summed E-state index contributed by atoms with van der Waals surface area (Å²) in [5, 5.41) is 5.72. The summed E-state index contributed by atoms with van der Waals surface area (Å²) >= 11 is 1.07. The summed E-state index contributed by atoms with van der Waals surface area (Å²) in [5.74, 6) is -1.13. The highest BCUT2D eigenvalue weighted by molar-refractivity contribution is 7.11. The van der Waals surface area contributed by atoms with E-state index in [2.05, 4.69) is 15.1 Å². The van der Waals surface area contributed by atoms with Gasteiger partial charge in [0.05, 0.1) is 29.8 Å². The number of thiazole rings is 1. The molecular formula is C18H15F3N4O4S. The fourth-order valence-electron chi connectivity index (χ4n) is 2.40. The van der Waals surface area contributed by atoms with Crippen LogP contribution in [0.1, 0.15) is 44.0 Å². The van der Waals surface area contributed by atoms with Gasteiger partial charge in [-0.15, -0.1) is 11.3 Å². The second-order valence-corrected chi connectivity index (χ2v) is 6.76. The number of nitrogens with zero attached hydrogens (tertiary/aromatic N) is 4. The molecule has 0 N–H and O–H groups in total. The molecule has 8 nitrogen and oxygen atoms in total. The van der Waals surface area contributed by atoms with E-state index in [9.17, 15) is 22.8 Å². The Morgan fingerprint density at radius 2 is 1.93 bits per heavy atom. The molecule has 0 aliphatic heterocycles. The van der Waals surface area contributed by atoms with E-state index in [4.69, 9.17) is 9.47 Å². The highest BCUT2D eigenvalue weighted by atomic mass is 32.1. The van der Waals surface area contributed by atoms with E-state index < -0.39 is 23.7 Å². The molecule has 0 amide bonds. The minimum absolute atomic E-state index is 0.123. The Kier molecular flexibility index (Phi) is 6.15. The van der Waals surface area contributed by atoms with Crippen molar-refractivity contribution in [3.63, 3.8) is 0 Å². The van der Waals surface area contributed by atoms with E-state index in [1.807, 2.05) is 0 Å². The Balaban J connectivity index is 1.68. The number of hydrogen-bond donors (Lipinski definition) is 0. The van der Waals surface area contributed by atoms with Crippen LogP contribution in [0.15, 0.2) is 29.9 Å². The lowest BCUT2D eigenvalue weighted by atomic mass is 10.2. The van der Waals surface area contributed by atoms with E-state index in [-0.39, 0.29) is 29.6 Å². The summed E-state index contributed by atoms with van der Waals surface area (Å²) in [6, 6.07) is 2.04. The highest BCUT2D eigenvalue weighted by Crippen LogP contribution is 2.28. The Morgan fingerprint density at radius 3 is 2.57 bits per heavy atom. The number of ether oxygens (including phenoxy) is 2. The van der Waals surface area contributed by atoms with Crippen molar-refractivity contribution in [2.45, 2.75) is 26.6 Å². The molecule has 3 rings (SSSR count). The number of carbonyl (C=O) groups excluding carboxylic acids is 2. The maximum Gasteiger partial charge on any atom is 0.417 e. The summed E-state index contributed by atoms with van der Waals surface area (Å²) in [7, 11) is 0. The largest absolute Gasteiger partial charge is 0.461 e. The molecule has 0 spiro atoms. The van der Waals surface area contributed by atoms with Gasteiger partial charge in [0.15, 0.2) is 5.82 Å². The quantitative estimate of drug-likeness (QED) is 0.541. The molecule has 0 bridgehead atoms. The zero-order valence-electron chi connectivity index (χ0n) is 15.8. The first kappa shape index (κ1) is 21.4. The third-order valence-corrected chi connectivity index (χ3v) is 4.75. The zero-order valence-corrected chi connectivity index (χ0v) is 16.6. The van der Waals surface area contributed by atoms with Gasteiger partial charge in [-0.2, -0.15) is 18.3 Å². The average molecular weight is 440 g/mol. The van der Waals surface area contributed by atoms with Gasteiger partial charge in [-0.05, 0) is 26.0 Å². The van der Waals surface area contributed by atoms with Crippen LogP contribution < -0.4 is 0 Å². The number of aromatic nitrogens is 4. The first-order valence-corrected chi connectivity index (χ1v) is 9.45. The number of alkyl halides is 3. The van der Waals surface area contributed by atoms with Crippen molar-refractivity contribution in [1.82, 2.24) is 19.7 Å². The molecular weight excluding hydrogens is 425 g/mol. The Hall–Kier alpha value is -3.28. The summed E-state index contributed by atoms with van der Waals surface area (Å²) in [6.07, 6.45) is -2.57. The number of esters is 2. The van der Waals surface area contributed by atoms with Gasteiger partial charge in [0.1, 0.15) is 12.2 Å². The summed E-state index contributed by atoms with van der Waals surface area (Å²) < 4.78 is 49.3. The number of halogens is 3. The van der Waals surface area contributed by atoms with Crippen LogP contribution in [-0.2, 0) is 22.3 Å².